The standard InChI is InChI=1S/C16H21N5O2/c1-11-4-2-3-5-13(11)15-19-14(23-20-15)9-18-16(22)21-7-6-12(8-17)10-21/h2-5,12H,6-10,17H2,1H3,(H,18,22)/t12-/m0/s1. The molecule has 0 unspecified atom stereocenters. The second kappa shape index (κ2) is 6.78. The largest absolute Gasteiger partial charge is 0.337 e. The molecule has 0 spiro atoms. The molecule has 3 N–H and O–H groups in total. The molecule has 1 aromatic carbocycles. The van der Waals surface area contributed by atoms with E-state index in [-0.39, 0.29) is 12.6 Å². The van der Waals surface area contributed by atoms with Gasteiger partial charge in [-0.3, -0.25) is 0 Å². The molecule has 7 nitrogen and oxygen atoms in total. The van der Waals surface area contributed by atoms with E-state index in [1.165, 1.54) is 0 Å². The zero-order chi connectivity index (χ0) is 16.2. The minimum Gasteiger partial charge on any atom is -0.337 e. The summed E-state index contributed by atoms with van der Waals surface area (Å²) in [5.41, 5.74) is 7.65. The molecule has 1 aliphatic rings. The third kappa shape index (κ3) is 3.50. The van der Waals surface area contributed by atoms with Gasteiger partial charge < -0.3 is 20.5 Å². The Balaban J connectivity index is 1.58. The van der Waals surface area contributed by atoms with E-state index in [2.05, 4.69) is 15.5 Å². The number of aromatic nitrogens is 2. The molecule has 1 saturated heterocycles. The maximum Gasteiger partial charge on any atom is 0.317 e. The number of urea groups is 1. The van der Waals surface area contributed by atoms with Crippen LogP contribution in [0.1, 0.15) is 17.9 Å². The van der Waals surface area contributed by atoms with Gasteiger partial charge >= 0.3 is 6.03 Å². The molecule has 0 bridgehead atoms. The molecule has 3 rings (SSSR count). The van der Waals surface area contributed by atoms with Crippen LogP contribution in [0.25, 0.3) is 11.4 Å². The lowest BCUT2D eigenvalue weighted by atomic mass is 10.1. The van der Waals surface area contributed by atoms with Crippen molar-refractivity contribution in [3.05, 3.63) is 35.7 Å². The fraction of sp³-hybridized carbons (Fsp3) is 0.438. The van der Waals surface area contributed by atoms with Crippen molar-refractivity contribution in [2.24, 2.45) is 11.7 Å². The number of benzene rings is 1. The monoisotopic (exact) mass is 315 g/mol. The van der Waals surface area contributed by atoms with Gasteiger partial charge in [0.25, 0.3) is 0 Å². The van der Waals surface area contributed by atoms with Crippen LogP contribution in [-0.4, -0.2) is 40.7 Å². The smallest absolute Gasteiger partial charge is 0.317 e. The van der Waals surface area contributed by atoms with Crippen molar-refractivity contribution in [2.75, 3.05) is 19.6 Å². The molecule has 122 valence electrons. The summed E-state index contributed by atoms with van der Waals surface area (Å²) >= 11 is 0. The van der Waals surface area contributed by atoms with E-state index in [1.54, 1.807) is 4.90 Å². The molecule has 1 aliphatic heterocycles. The summed E-state index contributed by atoms with van der Waals surface area (Å²) in [6, 6.07) is 7.72. The Morgan fingerprint density at radius 3 is 3.04 bits per heavy atom. The van der Waals surface area contributed by atoms with Gasteiger partial charge in [0, 0.05) is 18.7 Å². The highest BCUT2D eigenvalue weighted by molar-refractivity contribution is 5.74. The molecule has 1 fully saturated rings. The Morgan fingerprint density at radius 2 is 2.30 bits per heavy atom. The first-order valence-electron chi connectivity index (χ1n) is 7.79. The molecule has 7 heteroatoms. The van der Waals surface area contributed by atoms with Gasteiger partial charge in [0.05, 0.1) is 6.54 Å². The number of likely N-dealkylation sites (tertiary alicyclic amines) is 1. The summed E-state index contributed by atoms with van der Waals surface area (Å²) in [4.78, 5) is 18.2. The van der Waals surface area contributed by atoms with Crippen LogP contribution in [0.2, 0.25) is 0 Å². The lowest BCUT2D eigenvalue weighted by Crippen LogP contribution is -2.38. The number of hydrogen-bond acceptors (Lipinski definition) is 5. The van der Waals surface area contributed by atoms with E-state index in [1.807, 2.05) is 31.2 Å². The Hall–Kier alpha value is -2.41. The fourth-order valence-electron chi connectivity index (χ4n) is 2.73. The number of carbonyl (C=O) groups is 1. The fourth-order valence-corrected chi connectivity index (χ4v) is 2.73. The van der Waals surface area contributed by atoms with Gasteiger partial charge in [-0.2, -0.15) is 4.98 Å². The summed E-state index contributed by atoms with van der Waals surface area (Å²) < 4.78 is 5.22. The maximum atomic E-state index is 12.1. The molecular formula is C16H21N5O2. The zero-order valence-corrected chi connectivity index (χ0v) is 13.2. The highest BCUT2D eigenvalue weighted by atomic mass is 16.5. The predicted molar refractivity (Wildman–Crippen MR) is 85.4 cm³/mol. The topological polar surface area (TPSA) is 97.3 Å². The first-order chi connectivity index (χ1) is 11.2. The minimum atomic E-state index is -0.114. The molecule has 0 aliphatic carbocycles. The van der Waals surface area contributed by atoms with Crippen molar-refractivity contribution in [1.29, 1.82) is 0 Å². The van der Waals surface area contributed by atoms with Crippen molar-refractivity contribution < 1.29 is 9.32 Å². The summed E-state index contributed by atoms with van der Waals surface area (Å²) in [6.07, 6.45) is 0.960. The minimum absolute atomic E-state index is 0.114. The van der Waals surface area contributed by atoms with Crippen LogP contribution >= 0.6 is 0 Å². The van der Waals surface area contributed by atoms with Crippen LogP contribution < -0.4 is 11.1 Å². The van der Waals surface area contributed by atoms with Crippen molar-refractivity contribution >= 4 is 6.03 Å². The van der Waals surface area contributed by atoms with Crippen LogP contribution in [0.4, 0.5) is 4.79 Å². The number of nitrogens with zero attached hydrogens (tertiary/aromatic N) is 3. The van der Waals surface area contributed by atoms with E-state index in [0.29, 0.717) is 30.7 Å². The van der Waals surface area contributed by atoms with Gasteiger partial charge in [-0.25, -0.2) is 4.79 Å². The Bertz CT molecular complexity index is 685. The number of aryl methyl sites for hydroxylation is 1. The first kappa shape index (κ1) is 15.5. The van der Waals surface area contributed by atoms with Gasteiger partial charge in [-0.15, -0.1) is 0 Å². The van der Waals surface area contributed by atoms with Gasteiger partial charge in [0.1, 0.15) is 0 Å². The first-order valence-corrected chi connectivity index (χ1v) is 7.79. The lowest BCUT2D eigenvalue weighted by molar-refractivity contribution is 0.205. The maximum absolute atomic E-state index is 12.1. The molecule has 2 amide bonds. The number of hydrogen-bond donors (Lipinski definition) is 2. The van der Waals surface area contributed by atoms with Gasteiger partial charge in [-0.05, 0) is 31.4 Å². The van der Waals surface area contributed by atoms with Crippen LogP contribution in [0.15, 0.2) is 28.8 Å². The van der Waals surface area contributed by atoms with E-state index < -0.39 is 0 Å². The molecule has 2 aromatic rings. The average molecular weight is 315 g/mol. The van der Waals surface area contributed by atoms with Crippen molar-refractivity contribution in [1.82, 2.24) is 20.4 Å². The Kier molecular flexibility index (Phi) is 4.57. The van der Waals surface area contributed by atoms with Crippen LogP contribution in [0.5, 0.6) is 0 Å². The number of carbonyl (C=O) groups excluding carboxylic acids is 1. The van der Waals surface area contributed by atoms with Gasteiger partial charge in [0.15, 0.2) is 0 Å². The van der Waals surface area contributed by atoms with Crippen LogP contribution in [0.3, 0.4) is 0 Å². The summed E-state index contributed by atoms with van der Waals surface area (Å²) in [7, 11) is 0. The molecule has 23 heavy (non-hydrogen) atoms. The molecule has 0 saturated carbocycles. The number of rotatable bonds is 4. The normalized spacial score (nSPS) is 17.5. The third-order valence-corrected chi connectivity index (χ3v) is 4.15. The molecule has 1 aromatic heterocycles. The van der Waals surface area contributed by atoms with Crippen molar-refractivity contribution in [2.45, 2.75) is 19.9 Å². The lowest BCUT2D eigenvalue weighted by Gasteiger charge is -2.16. The molecule has 2 heterocycles. The highest BCUT2D eigenvalue weighted by Gasteiger charge is 2.25. The van der Waals surface area contributed by atoms with E-state index in [4.69, 9.17) is 10.3 Å². The number of nitrogens with two attached hydrogens (primary N) is 1. The number of amides is 2. The van der Waals surface area contributed by atoms with E-state index in [9.17, 15) is 4.79 Å². The predicted octanol–water partition coefficient (Wildman–Crippen LogP) is 1.54. The van der Waals surface area contributed by atoms with Gasteiger partial charge in [-0.1, -0.05) is 29.4 Å². The molecule has 1 atom stereocenters. The second-order valence-corrected chi connectivity index (χ2v) is 5.82. The number of nitrogens with one attached hydrogen (secondary N) is 1. The Morgan fingerprint density at radius 1 is 1.48 bits per heavy atom. The zero-order valence-electron chi connectivity index (χ0n) is 13.2. The Labute approximate surface area is 134 Å². The van der Waals surface area contributed by atoms with Gasteiger partial charge in [0.2, 0.25) is 11.7 Å². The SMILES string of the molecule is Cc1ccccc1-c1noc(CNC(=O)N2CC[C@@H](CN)C2)n1. The second-order valence-electron chi connectivity index (χ2n) is 5.82. The molecular weight excluding hydrogens is 294 g/mol. The average Bonchev–Trinajstić information content (AvgIpc) is 3.22. The third-order valence-electron chi connectivity index (χ3n) is 4.15. The highest BCUT2D eigenvalue weighted by Crippen LogP contribution is 2.20. The summed E-state index contributed by atoms with van der Waals surface area (Å²) in [6.45, 7) is 4.29. The van der Waals surface area contributed by atoms with E-state index >= 15 is 0 Å². The molecule has 0 radical (unpaired) electrons. The van der Waals surface area contributed by atoms with Crippen LogP contribution in [-0.2, 0) is 6.54 Å². The summed E-state index contributed by atoms with van der Waals surface area (Å²) in [5.74, 6) is 1.33. The van der Waals surface area contributed by atoms with Crippen molar-refractivity contribution in [3.63, 3.8) is 0 Å². The quantitative estimate of drug-likeness (QED) is 0.892. The summed E-state index contributed by atoms with van der Waals surface area (Å²) in [5, 5.41) is 6.80. The van der Waals surface area contributed by atoms with Crippen LogP contribution in [0, 0.1) is 12.8 Å². The van der Waals surface area contributed by atoms with Crippen molar-refractivity contribution in [3.8, 4) is 11.4 Å². The van der Waals surface area contributed by atoms with E-state index in [0.717, 1.165) is 24.1 Å².